The third-order valence-electron chi connectivity index (χ3n) is 3.91. The van der Waals surface area contributed by atoms with Gasteiger partial charge in [-0.3, -0.25) is 0 Å². The van der Waals surface area contributed by atoms with Gasteiger partial charge in [-0.05, 0) is 36.8 Å². The number of urea groups is 1. The fraction of sp³-hybridized carbons (Fsp3) is 0.250. The molecule has 0 saturated heterocycles. The van der Waals surface area contributed by atoms with Crippen LogP contribution in [0.15, 0.2) is 48.5 Å². The molecule has 0 saturated carbocycles. The average molecular weight is 364 g/mol. The van der Waals surface area contributed by atoms with E-state index < -0.39 is 0 Å². The van der Waals surface area contributed by atoms with Gasteiger partial charge >= 0.3 is 6.03 Å². The van der Waals surface area contributed by atoms with Crippen molar-refractivity contribution in [1.82, 2.24) is 15.3 Å². The number of aryl methyl sites for hydroxylation is 1. The Morgan fingerprint density at radius 2 is 1.78 bits per heavy atom. The number of anilines is 3. The fourth-order valence-electron chi connectivity index (χ4n) is 2.71. The van der Waals surface area contributed by atoms with Crippen molar-refractivity contribution in [2.24, 2.45) is 0 Å². The van der Waals surface area contributed by atoms with Crippen molar-refractivity contribution in [2.75, 3.05) is 35.6 Å². The summed E-state index contributed by atoms with van der Waals surface area (Å²) in [7, 11) is 0. The van der Waals surface area contributed by atoms with Gasteiger partial charge in [0.25, 0.3) is 0 Å². The minimum Gasteiger partial charge on any atom is -0.370 e. The standard InChI is InChI=1S/C20H24N6O/c1-3-21-18-12-14(2)24-19(26-18)22-10-11-23-20(27)25-17-9-8-15-6-4-5-7-16(15)13-17/h4-9,12-13H,3,10-11H2,1-2H3,(H2,23,25,27)(H2,21,22,24,26). The zero-order valence-corrected chi connectivity index (χ0v) is 15.5. The molecule has 7 heteroatoms. The summed E-state index contributed by atoms with van der Waals surface area (Å²) < 4.78 is 0. The highest BCUT2D eigenvalue weighted by Crippen LogP contribution is 2.18. The monoisotopic (exact) mass is 364 g/mol. The highest BCUT2D eigenvalue weighted by molar-refractivity contribution is 5.93. The van der Waals surface area contributed by atoms with E-state index in [9.17, 15) is 4.79 Å². The number of rotatable bonds is 7. The van der Waals surface area contributed by atoms with E-state index >= 15 is 0 Å². The quantitative estimate of drug-likeness (QED) is 0.481. The SMILES string of the molecule is CCNc1cc(C)nc(NCCNC(=O)Nc2ccc3ccccc3c2)n1. The first-order valence-corrected chi connectivity index (χ1v) is 9.01. The number of carbonyl (C=O) groups excluding carboxylic acids is 1. The van der Waals surface area contributed by atoms with E-state index in [-0.39, 0.29) is 6.03 Å². The molecule has 7 nitrogen and oxygen atoms in total. The Balaban J connectivity index is 1.46. The van der Waals surface area contributed by atoms with Gasteiger partial charge in [0.15, 0.2) is 0 Å². The summed E-state index contributed by atoms with van der Waals surface area (Å²) in [5, 5.41) is 14.2. The van der Waals surface area contributed by atoms with Crippen LogP contribution in [0.25, 0.3) is 10.8 Å². The number of hydrogen-bond donors (Lipinski definition) is 4. The zero-order chi connectivity index (χ0) is 19.1. The number of aromatic nitrogens is 2. The number of carbonyl (C=O) groups is 1. The number of nitrogens with zero attached hydrogens (tertiary/aromatic N) is 2. The Morgan fingerprint density at radius 3 is 2.59 bits per heavy atom. The highest BCUT2D eigenvalue weighted by Gasteiger charge is 2.04. The summed E-state index contributed by atoms with van der Waals surface area (Å²) in [4.78, 5) is 20.8. The molecule has 0 aliphatic rings. The number of benzene rings is 2. The van der Waals surface area contributed by atoms with Crippen LogP contribution in [0.4, 0.5) is 22.2 Å². The van der Waals surface area contributed by atoms with E-state index in [1.807, 2.05) is 62.4 Å². The number of hydrogen-bond acceptors (Lipinski definition) is 5. The Morgan fingerprint density at radius 1 is 0.963 bits per heavy atom. The molecule has 0 atom stereocenters. The molecule has 27 heavy (non-hydrogen) atoms. The largest absolute Gasteiger partial charge is 0.370 e. The Labute approximate surface area is 158 Å². The predicted octanol–water partition coefficient (Wildman–Crippen LogP) is 3.60. The molecule has 0 radical (unpaired) electrons. The molecule has 0 aliphatic heterocycles. The van der Waals surface area contributed by atoms with Crippen molar-refractivity contribution >= 4 is 34.3 Å². The summed E-state index contributed by atoms with van der Waals surface area (Å²) in [6.07, 6.45) is 0. The second-order valence-corrected chi connectivity index (χ2v) is 6.12. The van der Waals surface area contributed by atoms with Gasteiger partial charge in [-0.25, -0.2) is 9.78 Å². The highest BCUT2D eigenvalue weighted by atomic mass is 16.2. The zero-order valence-electron chi connectivity index (χ0n) is 15.5. The van der Waals surface area contributed by atoms with E-state index in [0.717, 1.165) is 34.5 Å². The molecule has 0 bridgehead atoms. The molecule has 0 spiro atoms. The third kappa shape index (κ3) is 5.31. The molecular weight excluding hydrogens is 340 g/mol. The van der Waals surface area contributed by atoms with E-state index in [1.54, 1.807) is 0 Å². The van der Waals surface area contributed by atoms with Crippen molar-refractivity contribution in [3.05, 3.63) is 54.2 Å². The van der Waals surface area contributed by atoms with Gasteiger partial charge < -0.3 is 21.3 Å². The molecule has 140 valence electrons. The van der Waals surface area contributed by atoms with E-state index in [1.165, 1.54) is 0 Å². The van der Waals surface area contributed by atoms with Crippen LogP contribution in [-0.2, 0) is 0 Å². The molecule has 2 amide bonds. The topological polar surface area (TPSA) is 91.0 Å². The summed E-state index contributed by atoms with van der Waals surface area (Å²) in [6, 6.07) is 15.5. The van der Waals surface area contributed by atoms with Crippen molar-refractivity contribution in [3.63, 3.8) is 0 Å². The maximum Gasteiger partial charge on any atom is 0.319 e. The van der Waals surface area contributed by atoms with Gasteiger partial charge in [-0.15, -0.1) is 0 Å². The second kappa shape index (κ2) is 8.84. The fourth-order valence-corrected chi connectivity index (χ4v) is 2.71. The van der Waals surface area contributed by atoms with Gasteiger partial charge in [0.05, 0.1) is 0 Å². The van der Waals surface area contributed by atoms with Crippen molar-refractivity contribution < 1.29 is 4.79 Å². The van der Waals surface area contributed by atoms with Crippen molar-refractivity contribution in [3.8, 4) is 0 Å². The third-order valence-corrected chi connectivity index (χ3v) is 3.91. The van der Waals surface area contributed by atoms with E-state index in [4.69, 9.17) is 0 Å². The Kier molecular flexibility index (Phi) is 6.04. The lowest BCUT2D eigenvalue weighted by molar-refractivity contribution is 0.252. The lowest BCUT2D eigenvalue weighted by Gasteiger charge is -2.10. The minimum atomic E-state index is -0.245. The first-order valence-electron chi connectivity index (χ1n) is 9.01. The number of fused-ring (bicyclic) bond motifs is 1. The second-order valence-electron chi connectivity index (χ2n) is 6.12. The van der Waals surface area contributed by atoms with Crippen molar-refractivity contribution in [2.45, 2.75) is 13.8 Å². The van der Waals surface area contributed by atoms with E-state index in [0.29, 0.717) is 19.0 Å². The van der Waals surface area contributed by atoms with Crippen LogP contribution in [0.2, 0.25) is 0 Å². The summed E-state index contributed by atoms with van der Waals surface area (Å²) in [5.41, 5.74) is 1.64. The Bertz CT molecular complexity index is 927. The minimum absolute atomic E-state index is 0.245. The van der Waals surface area contributed by atoms with Crippen molar-refractivity contribution in [1.29, 1.82) is 0 Å². The van der Waals surface area contributed by atoms with Crippen LogP contribution in [0, 0.1) is 6.92 Å². The lowest BCUT2D eigenvalue weighted by Crippen LogP contribution is -2.32. The van der Waals surface area contributed by atoms with Gasteiger partial charge in [-0.1, -0.05) is 30.3 Å². The molecule has 2 aromatic carbocycles. The number of amides is 2. The molecule has 0 fully saturated rings. The predicted molar refractivity (Wildman–Crippen MR) is 110 cm³/mol. The first-order chi connectivity index (χ1) is 13.1. The van der Waals surface area contributed by atoms with E-state index in [2.05, 4.69) is 31.2 Å². The number of nitrogens with one attached hydrogen (secondary N) is 4. The summed E-state index contributed by atoms with van der Waals surface area (Å²) >= 11 is 0. The van der Waals surface area contributed by atoms with Crippen LogP contribution in [-0.4, -0.2) is 35.6 Å². The van der Waals surface area contributed by atoms with Crippen LogP contribution in [0.3, 0.4) is 0 Å². The maximum absolute atomic E-state index is 12.1. The Hall–Kier alpha value is -3.35. The molecular formula is C20H24N6O. The summed E-state index contributed by atoms with van der Waals surface area (Å²) in [6.45, 7) is 5.71. The van der Waals surface area contributed by atoms with Gasteiger partial charge in [0.1, 0.15) is 5.82 Å². The summed E-state index contributed by atoms with van der Waals surface area (Å²) in [5.74, 6) is 1.33. The lowest BCUT2D eigenvalue weighted by atomic mass is 10.1. The molecule has 0 aliphatic carbocycles. The molecule has 3 rings (SSSR count). The van der Waals surface area contributed by atoms with Gasteiger partial charge in [-0.2, -0.15) is 4.98 Å². The van der Waals surface area contributed by atoms with Crippen LogP contribution < -0.4 is 21.3 Å². The van der Waals surface area contributed by atoms with Gasteiger partial charge in [0.2, 0.25) is 5.95 Å². The van der Waals surface area contributed by atoms with Crippen LogP contribution >= 0.6 is 0 Å². The van der Waals surface area contributed by atoms with Crippen LogP contribution in [0.5, 0.6) is 0 Å². The smallest absolute Gasteiger partial charge is 0.319 e. The maximum atomic E-state index is 12.1. The molecule has 4 N–H and O–H groups in total. The molecule has 1 heterocycles. The van der Waals surface area contributed by atoms with Crippen LogP contribution in [0.1, 0.15) is 12.6 Å². The average Bonchev–Trinajstić information content (AvgIpc) is 2.65. The van der Waals surface area contributed by atoms with Gasteiger partial charge in [0, 0.05) is 37.1 Å². The molecule has 1 aromatic heterocycles. The normalized spacial score (nSPS) is 10.4. The molecule has 0 unspecified atom stereocenters. The molecule has 3 aromatic rings. The first kappa shape index (κ1) is 18.4.